The highest BCUT2D eigenvalue weighted by Crippen LogP contribution is 2.38. The van der Waals surface area contributed by atoms with Crippen LogP contribution in [0.25, 0.3) is 42.9 Å². The Labute approximate surface area is 479 Å². The third-order valence-corrected chi connectivity index (χ3v) is 17.5. The quantitative estimate of drug-likeness (QED) is 0.0790. The standard InChI is InChI=1S/C31H35N9O2S.C28H33N9S/c1-20(21-2-3-21)14-29(41)35-23-4-5-27-26(15-23)37-31(43-27)40-8-6-38(7-9-40)24-16-25(22-18-33-30(32)34-19-22)36-28(17-24)39-10-12-42-13-11-39;1-19(2)32-21-6-7-25-24(14-21)34-28(38-25)37-12-10-35(11-13-37)22-15-23(20-17-30-27(29)31-18-20)33-26(16-22)36-8-4-3-5-9-36/h4-5,14-19,21H,2-3,6-13H2,1H3,(H,35,41)(H2,32,33,34);6-7,14-18,32H,1,3-5,8-13H2,2H3,(H2,29,30,31)/b20-14-;. The van der Waals surface area contributed by atoms with Gasteiger partial charge in [0.25, 0.3) is 0 Å². The molecular formula is C59H68N18O2S2. The van der Waals surface area contributed by atoms with E-state index in [2.05, 4.69) is 109 Å². The number of fused-ring (bicyclic) bond motifs is 2. The van der Waals surface area contributed by atoms with Gasteiger partial charge in [-0.15, -0.1) is 0 Å². The lowest BCUT2D eigenvalue weighted by Crippen LogP contribution is -2.46. The van der Waals surface area contributed by atoms with Gasteiger partial charge < -0.3 is 56.2 Å². The maximum absolute atomic E-state index is 12.5. The molecule has 0 atom stereocenters. The van der Waals surface area contributed by atoms with Crippen molar-refractivity contribution in [3.8, 4) is 22.5 Å². The van der Waals surface area contributed by atoms with Crippen LogP contribution in [0.3, 0.4) is 0 Å². The summed E-state index contributed by atoms with van der Waals surface area (Å²) in [5, 5.41) is 8.38. The second-order valence-electron chi connectivity index (χ2n) is 21.3. The number of aromatic nitrogens is 8. The summed E-state index contributed by atoms with van der Waals surface area (Å²) in [6, 6.07) is 21.0. The zero-order chi connectivity index (χ0) is 55.4. The molecule has 5 aliphatic rings. The molecule has 13 rings (SSSR count). The molecule has 8 aromatic rings. The number of hydrogen-bond donors (Lipinski definition) is 4. The summed E-state index contributed by atoms with van der Waals surface area (Å²) in [5.74, 6) is 2.99. The predicted molar refractivity (Wildman–Crippen MR) is 330 cm³/mol. The molecule has 0 radical (unpaired) electrons. The smallest absolute Gasteiger partial charge is 0.248 e. The fraction of sp³-hybridized carbons (Fsp3) is 0.373. The van der Waals surface area contributed by atoms with E-state index >= 15 is 0 Å². The second-order valence-corrected chi connectivity index (χ2v) is 23.3. The lowest BCUT2D eigenvalue weighted by atomic mass is 10.1. The van der Waals surface area contributed by atoms with Crippen molar-refractivity contribution < 1.29 is 9.53 Å². The van der Waals surface area contributed by atoms with Crippen molar-refractivity contribution in [2.24, 2.45) is 5.92 Å². The summed E-state index contributed by atoms with van der Waals surface area (Å²) in [5.41, 5.74) is 23.0. The highest BCUT2D eigenvalue weighted by atomic mass is 32.1. The molecule has 4 saturated heterocycles. The van der Waals surface area contributed by atoms with Crippen LogP contribution in [0, 0.1) is 5.92 Å². The number of nitrogens with one attached hydrogen (secondary N) is 2. The van der Waals surface area contributed by atoms with Crippen LogP contribution < -0.4 is 51.5 Å². The monoisotopic (exact) mass is 1120 g/mol. The van der Waals surface area contributed by atoms with Crippen molar-refractivity contribution in [3.63, 3.8) is 0 Å². The molecule has 6 N–H and O–H groups in total. The number of nitrogens with zero attached hydrogens (tertiary/aromatic N) is 14. The highest BCUT2D eigenvalue weighted by molar-refractivity contribution is 7.22. The Morgan fingerprint density at radius 2 is 1.02 bits per heavy atom. The number of pyridine rings is 2. The van der Waals surface area contributed by atoms with E-state index in [1.807, 2.05) is 32.0 Å². The Morgan fingerprint density at radius 3 is 1.49 bits per heavy atom. The maximum atomic E-state index is 12.5. The van der Waals surface area contributed by atoms with E-state index in [1.54, 1.807) is 53.5 Å². The maximum Gasteiger partial charge on any atom is 0.248 e. The van der Waals surface area contributed by atoms with Crippen molar-refractivity contribution in [2.45, 2.75) is 46.0 Å². The van der Waals surface area contributed by atoms with Crippen molar-refractivity contribution in [1.82, 2.24) is 39.9 Å². The van der Waals surface area contributed by atoms with Crippen LogP contribution in [-0.4, -0.2) is 138 Å². The number of piperidine rings is 1. The first kappa shape index (κ1) is 53.4. The Balaban J connectivity index is 0.000000162. The normalized spacial score (nSPS) is 17.1. The van der Waals surface area contributed by atoms with E-state index in [0.717, 1.165) is 167 Å². The van der Waals surface area contributed by atoms with Crippen molar-refractivity contribution in [1.29, 1.82) is 0 Å². The predicted octanol–water partition coefficient (Wildman–Crippen LogP) is 9.18. The third-order valence-electron chi connectivity index (χ3n) is 15.3. The molecule has 2 aromatic carbocycles. The molecule has 81 heavy (non-hydrogen) atoms. The van der Waals surface area contributed by atoms with Gasteiger partial charge in [0.1, 0.15) is 11.6 Å². The number of morpholine rings is 1. The van der Waals surface area contributed by atoms with Gasteiger partial charge in [0, 0.05) is 161 Å². The molecule has 418 valence electrons. The van der Waals surface area contributed by atoms with Gasteiger partial charge >= 0.3 is 0 Å². The summed E-state index contributed by atoms with van der Waals surface area (Å²) < 4.78 is 7.88. The number of carbonyl (C=O) groups is 1. The van der Waals surface area contributed by atoms with Crippen LogP contribution in [0.2, 0.25) is 0 Å². The van der Waals surface area contributed by atoms with Crippen LogP contribution in [-0.2, 0) is 9.53 Å². The Bertz CT molecular complexity index is 3560. The number of ether oxygens (including phenoxy) is 1. The topological polar surface area (TPSA) is 225 Å². The number of nitrogen functional groups attached to an aromatic ring is 2. The van der Waals surface area contributed by atoms with Gasteiger partial charge in [-0.3, -0.25) is 4.79 Å². The zero-order valence-corrected chi connectivity index (χ0v) is 47.6. The van der Waals surface area contributed by atoms with Gasteiger partial charge in [-0.1, -0.05) is 34.8 Å². The number of allylic oxidation sites excluding steroid dienone is 2. The first-order valence-corrected chi connectivity index (χ1v) is 29.6. The first-order chi connectivity index (χ1) is 39.5. The largest absolute Gasteiger partial charge is 0.378 e. The summed E-state index contributed by atoms with van der Waals surface area (Å²) >= 11 is 3.45. The molecular weight excluding hydrogens is 1060 g/mol. The second kappa shape index (κ2) is 23.9. The molecule has 1 amide bonds. The number of hydrogen-bond acceptors (Lipinski definition) is 21. The summed E-state index contributed by atoms with van der Waals surface area (Å²) in [4.78, 5) is 63.4. The van der Waals surface area contributed by atoms with Crippen molar-refractivity contribution in [3.05, 3.63) is 109 Å². The zero-order valence-electron chi connectivity index (χ0n) is 45.9. The van der Waals surface area contributed by atoms with E-state index in [0.29, 0.717) is 19.1 Å². The first-order valence-electron chi connectivity index (χ1n) is 28.0. The molecule has 0 bridgehead atoms. The molecule has 10 heterocycles. The molecule has 20 nitrogen and oxygen atoms in total. The minimum Gasteiger partial charge on any atom is -0.378 e. The minimum atomic E-state index is -0.0738. The van der Waals surface area contributed by atoms with E-state index in [9.17, 15) is 4.79 Å². The van der Waals surface area contributed by atoms with E-state index in [1.165, 1.54) is 42.5 Å². The number of thiazole rings is 2. The van der Waals surface area contributed by atoms with Gasteiger partial charge in [0.05, 0.1) is 45.0 Å². The number of benzene rings is 2. The number of piperazine rings is 2. The Morgan fingerprint density at radius 1 is 0.568 bits per heavy atom. The molecule has 0 unspecified atom stereocenters. The average molecular weight is 1130 g/mol. The van der Waals surface area contributed by atoms with Gasteiger partial charge in [-0.25, -0.2) is 39.9 Å². The van der Waals surface area contributed by atoms with Crippen LogP contribution in [0.5, 0.6) is 0 Å². The molecule has 1 saturated carbocycles. The SMILES string of the molecule is C/C(=C/C(=O)Nc1ccc2sc(N3CCN(c4cc(-c5cnc(N)nc5)nc(N5CCOCC5)c4)CC3)nc2c1)C1CC1.C=C(C)Nc1ccc2sc(N3CCN(c4cc(-c5cnc(N)nc5)nc(N5CCCCC5)c4)CC3)nc2c1. The van der Waals surface area contributed by atoms with E-state index in [4.69, 9.17) is 36.1 Å². The number of anilines is 10. The summed E-state index contributed by atoms with van der Waals surface area (Å²) in [6.07, 6.45) is 14.8. The fourth-order valence-corrected chi connectivity index (χ4v) is 12.7. The minimum absolute atomic E-state index is 0.0738. The van der Waals surface area contributed by atoms with E-state index in [-0.39, 0.29) is 17.8 Å². The van der Waals surface area contributed by atoms with Gasteiger partial charge in [0.2, 0.25) is 17.8 Å². The third kappa shape index (κ3) is 12.9. The molecule has 1 aliphatic carbocycles. The Hall–Kier alpha value is -8.21. The summed E-state index contributed by atoms with van der Waals surface area (Å²) in [7, 11) is 0. The molecule has 0 spiro atoms. The van der Waals surface area contributed by atoms with Crippen LogP contribution in [0.1, 0.15) is 46.0 Å². The van der Waals surface area contributed by atoms with Crippen molar-refractivity contribution in [2.75, 3.05) is 143 Å². The van der Waals surface area contributed by atoms with Crippen LogP contribution >= 0.6 is 22.7 Å². The van der Waals surface area contributed by atoms with Crippen LogP contribution in [0.4, 0.5) is 56.5 Å². The number of rotatable bonds is 13. The average Bonchev–Trinajstić information content (AvgIpc) is 4.29. The molecule has 5 fully saturated rings. The lowest BCUT2D eigenvalue weighted by Gasteiger charge is -2.37. The fourth-order valence-electron chi connectivity index (χ4n) is 10.7. The lowest BCUT2D eigenvalue weighted by molar-refractivity contribution is -0.112. The molecule has 6 aromatic heterocycles. The van der Waals surface area contributed by atoms with Gasteiger partial charge in [0.15, 0.2) is 10.3 Å². The number of nitrogens with two attached hydrogens (primary N) is 2. The highest BCUT2D eigenvalue weighted by Gasteiger charge is 2.27. The molecule has 4 aliphatic heterocycles. The summed E-state index contributed by atoms with van der Waals surface area (Å²) in [6.45, 7) is 20.1. The van der Waals surface area contributed by atoms with Gasteiger partial charge in [-0.2, -0.15) is 0 Å². The van der Waals surface area contributed by atoms with Crippen molar-refractivity contribution >= 4 is 106 Å². The number of amides is 1. The Kier molecular flexibility index (Phi) is 15.7. The van der Waals surface area contributed by atoms with Crippen LogP contribution in [0.15, 0.2) is 109 Å². The van der Waals surface area contributed by atoms with Gasteiger partial charge in [-0.05, 0) is 100 Å². The number of carbonyl (C=O) groups excluding carboxylic acids is 1. The molecule has 22 heteroatoms. The van der Waals surface area contributed by atoms with E-state index < -0.39 is 0 Å².